The molecule has 2 aromatic carbocycles. The molecular weight excluding hydrogens is 208 g/mol. The van der Waals surface area contributed by atoms with E-state index in [1.165, 1.54) is 0 Å². The highest BCUT2D eigenvalue weighted by molar-refractivity contribution is 6.31. The van der Waals surface area contributed by atoms with Gasteiger partial charge in [-0.2, -0.15) is 0 Å². The molecule has 0 heterocycles. The monoisotopic (exact) mass is 216 g/mol. The quantitative estimate of drug-likeness (QED) is 0.770. The highest BCUT2D eigenvalue weighted by atomic mass is 35.5. The lowest BCUT2D eigenvalue weighted by Gasteiger charge is -2.07. The Morgan fingerprint density at radius 2 is 1.73 bits per heavy atom. The van der Waals surface area contributed by atoms with Crippen LogP contribution in [0, 0.1) is 6.92 Å². The normalized spacial score (nSPS) is 10.3. The van der Waals surface area contributed by atoms with Crippen molar-refractivity contribution in [1.82, 2.24) is 0 Å². The first kappa shape index (κ1) is 10.1. The molecule has 0 bridgehead atoms. The SMILES string of the molecule is [CH]c1ccccc1-c1cc(Cl)ccc1O. The third-order valence-electron chi connectivity index (χ3n) is 2.21. The molecule has 0 aromatic heterocycles. The van der Waals surface area contributed by atoms with Crippen LogP contribution in [0.4, 0.5) is 0 Å². The Kier molecular flexibility index (Phi) is 2.65. The minimum absolute atomic E-state index is 0.178. The minimum atomic E-state index is 0.178. The lowest BCUT2D eigenvalue weighted by atomic mass is 10.00. The fourth-order valence-corrected chi connectivity index (χ4v) is 1.64. The Hall–Kier alpha value is -1.47. The van der Waals surface area contributed by atoms with Crippen LogP contribution < -0.4 is 0 Å². The van der Waals surface area contributed by atoms with Gasteiger partial charge < -0.3 is 5.11 Å². The summed E-state index contributed by atoms with van der Waals surface area (Å²) >= 11 is 5.87. The molecule has 0 atom stereocenters. The van der Waals surface area contributed by atoms with Gasteiger partial charge in [-0.3, -0.25) is 0 Å². The smallest absolute Gasteiger partial charge is 0.123 e. The summed E-state index contributed by atoms with van der Waals surface area (Å²) in [5, 5.41) is 10.3. The number of rotatable bonds is 1. The zero-order valence-corrected chi connectivity index (χ0v) is 8.70. The van der Waals surface area contributed by atoms with E-state index in [1.807, 2.05) is 18.2 Å². The van der Waals surface area contributed by atoms with Gasteiger partial charge >= 0.3 is 0 Å². The fourth-order valence-electron chi connectivity index (χ4n) is 1.47. The van der Waals surface area contributed by atoms with Crippen molar-refractivity contribution in [1.29, 1.82) is 0 Å². The van der Waals surface area contributed by atoms with E-state index < -0.39 is 0 Å². The van der Waals surface area contributed by atoms with Crippen LogP contribution in [0.2, 0.25) is 5.02 Å². The van der Waals surface area contributed by atoms with E-state index in [-0.39, 0.29) is 5.75 Å². The van der Waals surface area contributed by atoms with Gasteiger partial charge in [-0.05, 0) is 36.2 Å². The van der Waals surface area contributed by atoms with Gasteiger partial charge in [-0.1, -0.05) is 35.9 Å². The van der Waals surface area contributed by atoms with Crippen molar-refractivity contribution < 1.29 is 5.11 Å². The molecule has 0 saturated heterocycles. The second-order valence-electron chi connectivity index (χ2n) is 3.25. The van der Waals surface area contributed by atoms with E-state index in [0.717, 1.165) is 5.56 Å². The van der Waals surface area contributed by atoms with Gasteiger partial charge in [-0.15, -0.1) is 0 Å². The molecule has 0 aliphatic rings. The van der Waals surface area contributed by atoms with Crippen molar-refractivity contribution in [2.45, 2.75) is 0 Å². The van der Waals surface area contributed by atoms with Crippen LogP contribution in [0.3, 0.4) is 0 Å². The Morgan fingerprint density at radius 1 is 1.00 bits per heavy atom. The number of benzene rings is 2. The van der Waals surface area contributed by atoms with Crippen LogP contribution in [-0.4, -0.2) is 5.11 Å². The second-order valence-corrected chi connectivity index (χ2v) is 3.69. The molecule has 15 heavy (non-hydrogen) atoms. The molecule has 0 amide bonds. The molecule has 0 spiro atoms. The van der Waals surface area contributed by atoms with Crippen molar-refractivity contribution in [2.24, 2.45) is 0 Å². The number of halogens is 1. The van der Waals surface area contributed by atoms with Gasteiger partial charge in [0.1, 0.15) is 5.75 Å². The molecule has 2 rings (SSSR count). The van der Waals surface area contributed by atoms with E-state index in [4.69, 9.17) is 18.5 Å². The number of aromatic hydroxyl groups is 1. The predicted octanol–water partition coefficient (Wildman–Crippen LogP) is 3.77. The summed E-state index contributed by atoms with van der Waals surface area (Å²) in [6, 6.07) is 12.2. The van der Waals surface area contributed by atoms with Gasteiger partial charge in [0.15, 0.2) is 0 Å². The molecule has 0 saturated carbocycles. The summed E-state index contributed by atoms with van der Waals surface area (Å²) in [5.74, 6) is 0.178. The van der Waals surface area contributed by atoms with Gasteiger partial charge in [0.2, 0.25) is 0 Å². The van der Waals surface area contributed by atoms with E-state index in [2.05, 4.69) is 0 Å². The standard InChI is InChI=1S/C13H9ClO/c1-9-4-2-3-5-11(9)12-8-10(14)6-7-13(12)15/h1-8,15H. The number of hydrogen-bond donors (Lipinski definition) is 1. The number of phenols is 1. The molecule has 2 aromatic rings. The first-order valence-electron chi connectivity index (χ1n) is 4.52. The molecule has 74 valence electrons. The van der Waals surface area contributed by atoms with Crippen molar-refractivity contribution in [3.05, 3.63) is 60.0 Å². The average molecular weight is 217 g/mol. The molecular formula is C13H9ClO. The fraction of sp³-hybridized carbons (Fsp3) is 0. The molecule has 1 N–H and O–H groups in total. The van der Waals surface area contributed by atoms with E-state index >= 15 is 0 Å². The summed E-state index contributed by atoms with van der Waals surface area (Å²) in [5.41, 5.74) is 2.06. The Bertz CT molecular complexity index is 492. The molecule has 2 radical (unpaired) electrons. The third-order valence-corrected chi connectivity index (χ3v) is 2.44. The summed E-state index contributed by atoms with van der Waals surface area (Å²) in [6.07, 6.45) is 0. The largest absolute Gasteiger partial charge is 0.507 e. The van der Waals surface area contributed by atoms with Crippen LogP contribution in [0.25, 0.3) is 11.1 Å². The maximum absolute atomic E-state index is 9.70. The van der Waals surface area contributed by atoms with Crippen molar-refractivity contribution in [3.8, 4) is 16.9 Å². The van der Waals surface area contributed by atoms with E-state index in [9.17, 15) is 5.11 Å². The maximum atomic E-state index is 9.70. The molecule has 0 fully saturated rings. The summed E-state index contributed by atoms with van der Waals surface area (Å²) < 4.78 is 0. The lowest BCUT2D eigenvalue weighted by Crippen LogP contribution is -1.83. The number of hydrogen-bond acceptors (Lipinski definition) is 1. The summed E-state index contributed by atoms with van der Waals surface area (Å²) in [4.78, 5) is 0. The zero-order valence-electron chi connectivity index (χ0n) is 7.94. The van der Waals surface area contributed by atoms with Gasteiger partial charge in [0.25, 0.3) is 0 Å². The summed E-state index contributed by atoms with van der Waals surface area (Å²) in [6.45, 7) is 5.82. The van der Waals surface area contributed by atoms with Crippen LogP contribution in [-0.2, 0) is 0 Å². The second kappa shape index (κ2) is 3.95. The topological polar surface area (TPSA) is 20.2 Å². The maximum Gasteiger partial charge on any atom is 0.123 e. The molecule has 1 nitrogen and oxygen atoms in total. The van der Waals surface area contributed by atoms with Crippen molar-refractivity contribution >= 4 is 11.6 Å². The third kappa shape index (κ3) is 1.97. The number of phenolic OH excluding ortho intramolecular Hbond substituents is 1. The van der Waals surface area contributed by atoms with Crippen molar-refractivity contribution in [3.63, 3.8) is 0 Å². The summed E-state index contributed by atoms with van der Waals surface area (Å²) in [7, 11) is 0. The minimum Gasteiger partial charge on any atom is -0.507 e. The highest BCUT2D eigenvalue weighted by Crippen LogP contribution is 2.33. The van der Waals surface area contributed by atoms with Gasteiger partial charge in [-0.25, -0.2) is 0 Å². The Labute approximate surface area is 94.0 Å². The van der Waals surface area contributed by atoms with Crippen molar-refractivity contribution in [2.75, 3.05) is 0 Å². The van der Waals surface area contributed by atoms with Crippen LogP contribution in [0.15, 0.2) is 42.5 Å². The predicted molar refractivity (Wildman–Crippen MR) is 62.0 cm³/mol. The first-order valence-corrected chi connectivity index (χ1v) is 4.89. The van der Waals surface area contributed by atoms with E-state index in [1.54, 1.807) is 24.3 Å². The van der Waals surface area contributed by atoms with Crippen LogP contribution in [0.5, 0.6) is 5.75 Å². The van der Waals surface area contributed by atoms with E-state index in [0.29, 0.717) is 16.1 Å². The van der Waals surface area contributed by atoms with Crippen LogP contribution >= 0.6 is 11.6 Å². The Balaban J connectivity index is 2.64. The zero-order chi connectivity index (χ0) is 10.8. The van der Waals surface area contributed by atoms with Gasteiger partial charge in [0.05, 0.1) is 0 Å². The Morgan fingerprint density at radius 3 is 2.47 bits per heavy atom. The molecule has 0 unspecified atom stereocenters. The first-order chi connectivity index (χ1) is 7.18. The lowest BCUT2D eigenvalue weighted by molar-refractivity contribution is 0.477. The molecule has 0 aliphatic carbocycles. The van der Waals surface area contributed by atoms with Crippen LogP contribution in [0.1, 0.15) is 5.56 Å². The molecule has 0 aliphatic heterocycles. The van der Waals surface area contributed by atoms with Gasteiger partial charge in [0, 0.05) is 10.6 Å². The average Bonchev–Trinajstić information content (AvgIpc) is 2.23. The highest BCUT2D eigenvalue weighted by Gasteiger charge is 2.06. The molecule has 2 heteroatoms.